The lowest BCUT2D eigenvalue weighted by molar-refractivity contribution is -0.117. The number of amides is 2. The van der Waals surface area contributed by atoms with Crippen LogP contribution in [0.2, 0.25) is 0 Å². The van der Waals surface area contributed by atoms with E-state index in [1.54, 1.807) is 44.9 Å². The van der Waals surface area contributed by atoms with Crippen LogP contribution in [0.3, 0.4) is 0 Å². The summed E-state index contributed by atoms with van der Waals surface area (Å²) in [5.41, 5.74) is 2.73. The number of aryl methyl sites for hydroxylation is 1. The number of nitrogens with zero attached hydrogens (tertiary/aromatic N) is 2. The predicted molar refractivity (Wildman–Crippen MR) is 118 cm³/mol. The highest BCUT2D eigenvalue weighted by Gasteiger charge is 2.22. The van der Waals surface area contributed by atoms with Crippen LogP contribution in [0.5, 0.6) is 11.5 Å². The number of carbonyl (C=O) groups is 2. The molecule has 2 aromatic heterocycles. The lowest BCUT2D eigenvalue weighted by Gasteiger charge is -2.13. The molecule has 2 amide bonds. The van der Waals surface area contributed by atoms with Gasteiger partial charge in [0.2, 0.25) is 11.9 Å². The summed E-state index contributed by atoms with van der Waals surface area (Å²) in [5, 5.41) is 6.20. The molecule has 0 aliphatic heterocycles. The molecule has 0 aliphatic rings. The van der Waals surface area contributed by atoms with Gasteiger partial charge in [-0.3, -0.25) is 14.9 Å². The number of benzene rings is 2. The van der Waals surface area contributed by atoms with E-state index in [0.29, 0.717) is 23.1 Å². The lowest BCUT2D eigenvalue weighted by atomic mass is 10.2. The van der Waals surface area contributed by atoms with Crippen molar-refractivity contribution < 1.29 is 19.1 Å². The van der Waals surface area contributed by atoms with Crippen molar-refractivity contribution in [3.05, 3.63) is 48.2 Å². The Morgan fingerprint density at radius 1 is 1.13 bits per heavy atom. The van der Waals surface area contributed by atoms with Gasteiger partial charge in [0, 0.05) is 24.6 Å². The summed E-state index contributed by atoms with van der Waals surface area (Å²) in [6, 6.07) is 12.0. The Morgan fingerprint density at radius 3 is 2.61 bits per heavy atom. The van der Waals surface area contributed by atoms with Gasteiger partial charge in [-0.25, -0.2) is 4.98 Å². The number of carbonyl (C=O) groups excluding carboxylic acids is 2. The smallest absolute Gasteiger partial charge is 0.268 e. The lowest BCUT2D eigenvalue weighted by Crippen LogP contribution is -2.42. The molecule has 160 valence electrons. The second-order valence-electron chi connectivity index (χ2n) is 7.14. The predicted octanol–water partition coefficient (Wildman–Crippen LogP) is 2.83. The van der Waals surface area contributed by atoms with Gasteiger partial charge in [-0.1, -0.05) is 12.1 Å². The van der Waals surface area contributed by atoms with Gasteiger partial charge in [-0.15, -0.1) is 0 Å². The fourth-order valence-corrected chi connectivity index (χ4v) is 3.45. The number of methoxy groups -OCH3 is 2. The first-order valence-corrected chi connectivity index (χ1v) is 9.69. The van der Waals surface area contributed by atoms with Crippen molar-refractivity contribution >= 4 is 39.7 Å². The molecule has 0 spiro atoms. The fourth-order valence-electron chi connectivity index (χ4n) is 3.45. The van der Waals surface area contributed by atoms with Gasteiger partial charge in [0.15, 0.2) is 0 Å². The number of hydrogen-bond acceptors (Lipinski definition) is 5. The Balaban J connectivity index is 1.52. The zero-order valence-corrected chi connectivity index (χ0v) is 17.6. The van der Waals surface area contributed by atoms with Crippen molar-refractivity contribution in [1.82, 2.24) is 19.9 Å². The molecule has 0 bridgehead atoms. The Hall–Kier alpha value is -4.01. The SMILES string of the molecule is COc1cc(OC)c2cc(C(=O)N[C@@H](C)C(=O)Nc3nc4ccccc4[nH]3)n(C)c2c1. The molecule has 0 radical (unpaired) electrons. The molecule has 2 aromatic carbocycles. The standard InChI is InChI=1S/C22H23N5O4/c1-12(20(28)26-22-24-15-7-5-6-8-16(15)25-22)23-21(29)18-11-14-17(27(18)2)9-13(30-3)10-19(14)31-4/h5-12H,1-4H3,(H,23,29)(H2,24,25,26,28)/t12-/m0/s1. The number of aromatic amines is 1. The molecular formula is C22H23N5O4. The minimum atomic E-state index is -0.782. The highest BCUT2D eigenvalue weighted by atomic mass is 16.5. The van der Waals surface area contributed by atoms with E-state index in [2.05, 4.69) is 20.6 Å². The van der Waals surface area contributed by atoms with Crippen molar-refractivity contribution in [3.8, 4) is 11.5 Å². The van der Waals surface area contributed by atoms with Gasteiger partial charge in [0.25, 0.3) is 5.91 Å². The van der Waals surface area contributed by atoms with E-state index in [-0.39, 0.29) is 11.8 Å². The van der Waals surface area contributed by atoms with Crippen LogP contribution >= 0.6 is 0 Å². The summed E-state index contributed by atoms with van der Waals surface area (Å²) < 4.78 is 12.5. The number of nitrogens with one attached hydrogen (secondary N) is 3. The van der Waals surface area contributed by atoms with E-state index in [9.17, 15) is 9.59 Å². The van der Waals surface area contributed by atoms with Gasteiger partial charge in [-0.2, -0.15) is 0 Å². The van der Waals surface area contributed by atoms with E-state index < -0.39 is 6.04 Å². The van der Waals surface area contributed by atoms with Crippen LogP contribution in [0.4, 0.5) is 5.95 Å². The summed E-state index contributed by atoms with van der Waals surface area (Å²) in [6.45, 7) is 1.61. The average Bonchev–Trinajstić information content (AvgIpc) is 3.33. The maximum absolute atomic E-state index is 12.9. The monoisotopic (exact) mass is 421 g/mol. The van der Waals surface area contributed by atoms with Crippen molar-refractivity contribution in [1.29, 1.82) is 0 Å². The molecular weight excluding hydrogens is 398 g/mol. The number of anilines is 1. The zero-order chi connectivity index (χ0) is 22.1. The molecule has 0 saturated heterocycles. The average molecular weight is 421 g/mol. The molecule has 1 atom stereocenters. The molecule has 0 saturated carbocycles. The first kappa shape index (κ1) is 20.3. The topological polar surface area (TPSA) is 110 Å². The number of hydrogen-bond donors (Lipinski definition) is 3. The first-order chi connectivity index (χ1) is 14.9. The molecule has 0 fully saturated rings. The first-order valence-electron chi connectivity index (χ1n) is 9.69. The maximum Gasteiger partial charge on any atom is 0.268 e. The van der Waals surface area contributed by atoms with Gasteiger partial charge in [-0.05, 0) is 25.1 Å². The van der Waals surface area contributed by atoms with Crippen LogP contribution < -0.4 is 20.1 Å². The highest BCUT2D eigenvalue weighted by Crippen LogP contribution is 2.33. The number of fused-ring (bicyclic) bond motifs is 2. The van der Waals surface area contributed by atoms with Crippen LogP contribution in [-0.4, -0.2) is 46.6 Å². The Morgan fingerprint density at radius 2 is 1.90 bits per heavy atom. The van der Waals surface area contributed by atoms with Gasteiger partial charge in [0.05, 0.1) is 30.8 Å². The van der Waals surface area contributed by atoms with Crippen LogP contribution in [0.15, 0.2) is 42.5 Å². The number of imidazole rings is 1. The quantitative estimate of drug-likeness (QED) is 0.443. The third kappa shape index (κ3) is 3.77. The maximum atomic E-state index is 12.9. The molecule has 9 heteroatoms. The van der Waals surface area contributed by atoms with Gasteiger partial charge < -0.3 is 24.3 Å². The largest absolute Gasteiger partial charge is 0.497 e. The number of aromatic nitrogens is 3. The van der Waals surface area contributed by atoms with Crippen LogP contribution in [-0.2, 0) is 11.8 Å². The van der Waals surface area contributed by atoms with Gasteiger partial charge in [0.1, 0.15) is 23.2 Å². The van der Waals surface area contributed by atoms with E-state index in [0.717, 1.165) is 21.9 Å². The van der Waals surface area contributed by atoms with Gasteiger partial charge >= 0.3 is 0 Å². The molecule has 4 rings (SSSR count). The summed E-state index contributed by atoms with van der Waals surface area (Å²) in [4.78, 5) is 32.8. The second kappa shape index (κ2) is 8.02. The summed E-state index contributed by atoms with van der Waals surface area (Å²) in [7, 11) is 4.90. The van der Waals surface area contributed by atoms with Crippen molar-refractivity contribution in [2.24, 2.45) is 7.05 Å². The third-order valence-corrected chi connectivity index (χ3v) is 5.16. The molecule has 3 N–H and O–H groups in total. The molecule has 0 aliphatic carbocycles. The molecule has 0 unspecified atom stereocenters. The highest BCUT2D eigenvalue weighted by molar-refractivity contribution is 6.03. The molecule has 2 heterocycles. The summed E-state index contributed by atoms with van der Waals surface area (Å²) in [5.74, 6) is 0.780. The summed E-state index contributed by atoms with van der Waals surface area (Å²) >= 11 is 0. The summed E-state index contributed by atoms with van der Waals surface area (Å²) in [6.07, 6.45) is 0. The van der Waals surface area contributed by atoms with Crippen LogP contribution in [0.1, 0.15) is 17.4 Å². The van der Waals surface area contributed by atoms with Crippen molar-refractivity contribution in [2.75, 3.05) is 19.5 Å². The number of ether oxygens (including phenoxy) is 2. The number of para-hydroxylation sites is 2. The van der Waals surface area contributed by atoms with Crippen LogP contribution in [0.25, 0.3) is 21.9 Å². The van der Waals surface area contributed by atoms with Crippen molar-refractivity contribution in [3.63, 3.8) is 0 Å². The Kier molecular flexibility index (Phi) is 5.24. The van der Waals surface area contributed by atoms with E-state index in [4.69, 9.17) is 9.47 Å². The normalized spacial score (nSPS) is 12.0. The zero-order valence-electron chi connectivity index (χ0n) is 17.6. The second-order valence-corrected chi connectivity index (χ2v) is 7.14. The van der Waals surface area contributed by atoms with Crippen molar-refractivity contribution in [2.45, 2.75) is 13.0 Å². The Bertz CT molecular complexity index is 1260. The molecule has 31 heavy (non-hydrogen) atoms. The van der Waals surface area contributed by atoms with E-state index in [1.807, 2.05) is 30.3 Å². The number of H-pyrrole nitrogens is 1. The van der Waals surface area contributed by atoms with Crippen LogP contribution in [0, 0.1) is 0 Å². The minimum absolute atomic E-state index is 0.328. The number of rotatable bonds is 6. The molecule has 4 aromatic rings. The van der Waals surface area contributed by atoms with E-state index >= 15 is 0 Å². The van der Waals surface area contributed by atoms with E-state index in [1.165, 1.54) is 0 Å². The third-order valence-electron chi connectivity index (χ3n) is 5.16. The minimum Gasteiger partial charge on any atom is -0.497 e. The molecule has 9 nitrogen and oxygen atoms in total. The Labute approximate surface area is 178 Å². The fraction of sp³-hybridized carbons (Fsp3) is 0.227.